The normalized spacial score (nSPS) is 9.88. The number of benzene rings is 1. The lowest BCUT2D eigenvalue weighted by Gasteiger charge is -2.06. The van der Waals surface area contributed by atoms with Gasteiger partial charge in [-0.15, -0.1) is 0 Å². The van der Waals surface area contributed by atoms with Crippen molar-refractivity contribution in [1.29, 1.82) is 0 Å². The van der Waals surface area contributed by atoms with Crippen LogP contribution >= 0.6 is 15.9 Å². The first kappa shape index (κ1) is 12.6. The zero-order valence-corrected chi connectivity index (χ0v) is 10.2. The third-order valence-corrected chi connectivity index (χ3v) is 2.55. The predicted octanol–water partition coefficient (Wildman–Crippen LogP) is 2.67. The number of halogens is 1. The minimum absolute atomic E-state index is 0.118. The first-order valence-corrected chi connectivity index (χ1v) is 5.72. The zero-order valence-electron chi connectivity index (χ0n) is 8.60. The Kier molecular flexibility index (Phi) is 4.42. The smallest absolute Gasteiger partial charge is 0.338 e. The van der Waals surface area contributed by atoms with Crippen LogP contribution in [0.15, 0.2) is 18.2 Å². The largest absolute Gasteiger partial charge is 0.462 e. The molecule has 0 bridgehead atoms. The van der Waals surface area contributed by atoms with Gasteiger partial charge in [-0.2, -0.15) is 0 Å². The van der Waals surface area contributed by atoms with Gasteiger partial charge < -0.3 is 4.74 Å². The Morgan fingerprint density at radius 2 is 2.25 bits per heavy atom. The second kappa shape index (κ2) is 5.60. The second-order valence-electron chi connectivity index (χ2n) is 2.95. The van der Waals surface area contributed by atoms with Crippen LogP contribution in [0.2, 0.25) is 0 Å². The lowest BCUT2D eigenvalue weighted by Crippen LogP contribution is -2.08. The van der Waals surface area contributed by atoms with Crippen molar-refractivity contribution in [2.24, 2.45) is 0 Å². The van der Waals surface area contributed by atoms with Gasteiger partial charge in [-0.25, -0.2) is 4.79 Å². The SMILES string of the molecule is CCOC(=O)c1cc([N+](=O)[O-])ccc1CBr. The molecule has 0 saturated carbocycles. The monoisotopic (exact) mass is 287 g/mol. The summed E-state index contributed by atoms with van der Waals surface area (Å²) in [6.45, 7) is 1.92. The molecule has 0 aliphatic heterocycles. The van der Waals surface area contributed by atoms with E-state index >= 15 is 0 Å². The molecule has 6 heteroatoms. The molecule has 16 heavy (non-hydrogen) atoms. The van der Waals surface area contributed by atoms with Crippen LogP contribution in [0.1, 0.15) is 22.8 Å². The van der Waals surface area contributed by atoms with E-state index in [4.69, 9.17) is 4.74 Å². The zero-order chi connectivity index (χ0) is 12.1. The van der Waals surface area contributed by atoms with Crippen molar-refractivity contribution in [2.75, 3.05) is 6.61 Å². The molecule has 1 rings (SSSR count). The van der Waals surface area contributed by atoms with Crippen LogP contribution in [-0.4, -0.2) is 17.5 Å². The number of carbonyl (C=O) groups excluding carboxylic acids is 1. The van der Waals surface area contributed by atoms with Gasteiger partial charge in [0.2, 0.25) is 0 Å². The summed E-state index contributed by atoms with van der Waals surface area (Å²) in [6.07, 6.45) is 0. The van der Waals surface area contributed by atoms with E-state index in [9.17, 15) is 14.9 Å². The van der Waals surface area contributed by atoms with E-state index in [0.717, 1.165) is 0 Å². The highest BCUT2D eigenvalue weighted by molar-refractivity contribution is 9.08. The Bertz CT molecular complexity index is 419. The van der Waals surface area contributed by atoms with Crippen molar-refractivity contribution >= 4 is 27.6 Å². The van der Waals surface area contributed by atoms with E-state index in [0.29, 0.717) is 10.9 Å². The summed E-state index contributed by atoms with van der Waals surface area (Å²) in [5, 5.41) is 11.0. The molecular formula is C10H10BrNO4. The molecule has 5 nitrogen and oxygen atoms in total. The van der Waals surface area contributed by atoms with Gasteiger partial charge in [0.05, 0.1) is 17.1 Å². The fourth-order valence-electron chi connectivity index (χ4n) is 1.19. The predicted molar refractivity (Wildman–Crippen MR) is 61.7 cm³/mol. The van der Waals surface area contributed by atoms with Crippen LogP contribution in [0, 0.1) is 10.1 Å². The van der Waals surface area contributed by atoms with Crippen LogP contribution in [0.4, 0.5) is 5.69 Å². The van der Waals surface area contributed by atoms with E-state index < -0.39 is 10.9 Å². The molecule has 1 aromatic rings. The van der Waals surface area contributed by atoms with Crippen molar-refractivity contribution < 1.29 is 14.5 Å². The van der Waals surface area contributed by atoms with Gasteiger partial charge in [-0.1, -0.05) is 22.0 Å². The fraction of sp³-hybridized carbons (Fsp3) is 0.300. The number of non-ortho nitro benzene ring substituents is 1. The van der Waals surface area contributed by atoms with Crippen LogP contribution in [-0.2, 0) is 10.1 Å². The van der Waals surface area contributed by atoms with Crippen molar-refractivity contribution in [3.63, 3.8) is 0 Å². The lowest BCUT2D eigenvalue weighted by molar-refractivity contribution is -0.384. The van der Waals surface area contributed by atoms with E-state index in [1.807, 2.05) is 0 Å². The van der Waals surface area contributed by atoms with Gasteiger partial charge in [-0.3, -0.25) is 10.1 Å². The number of ether oxygens (including phenoxy) is 1. The number of nitro groups is 1. The second-order valence-corrected chi connectivity index (χ2v) is 3.51. The maximum absolute atomic E-state index is 11.5. The van der Waals surface area contributed by atoms with Crippen LogP contribution < -0.4 is 0 Å². The van der Waals surface area contributed by atoms with Gasteiger partial charge in [0, 0.05) is 17.5 Å². The lowest BCUT2D eigenvalue weighted by atomic mass is 10.1. The first-order chi connectivity index (χ1) is 7.60. The van der Waals surface area contributed by atoms with Crippen LogP contribution in [0.5, 0.6) is 0 Å². The van der Waals surface area contributed by atoms with Gasteiger partial charge in [0.25, 0.3) is 5.69 Å². The molecule has 0 heterocycles. The molecule has 0 aliphatic carbocycles. The van der Waals surface area contributed by atoms with Gasteiger partial charge in [-0.05, 0) is 12.5 Å². The fourth-order valence-corrected chi connectivity index (χ4v) is 1.68. The summed E-state index contributed by atoms with van der Waals surface area (Å²) in [6, 6.07) is 4.13. The topological polar surface area (TPSA) is 69.4 Å². The summed E-state index contributed by atoms with van der Waals surface area (Å²) in [7, 11) is 0. The van der Waals surface area contributed by atoms with Crippen molar-refractivity contribution in [2.45, 2.75) is 12.3 Å². The highest BCUT2D eigenvalue weighted by Crippen LogP contribution is 2.20. The molecule has 0 spiro atoms. The van der Waals surface area contributed by atoms with Crippen molar-refractivity contribution in [3.8, 4) is 0 Å². The van der Waals surface area contributed by atoms with E-state index in [1.165, 1.54) is 12.1 Å². The third-order valence-electron chi connectivity index (χ3n) is 1.94. The molecule has 0 amide bonds. The molecule has 0 unspecified atom stereocenters. The number of hydrogen-bond acceptors (Lipinski definition) is 4. The Balaban J connectivity index is 3.16. The summed E-state index contributed by atoms with van der Waals surface area (Å²) in [4.78, 5) is 21.6. The highest BCUT2D eigenvalue weighted by Gasteiger charge is 2.16. The van der Waals surface area contributed by atoms with Gasteiger partial charge in [0.1, 0.15) is 0 Å². The highest BCUT2D eigenvalue weighted by atomic mass is 79.9. The first-order valence-electron chi connectivity index (χ1n) is 4.60. The van der Waals surface area contributed by atoms with Crippen LogP contribution in [0.25, 0.3) is 0 Å². The quantitative estimate of drug-likeness (QED) is 0.369. The number of esters is 1. The van der Waals surface area contributed by atoms with Crippen molar-refractivity contribution in [3.05, 3.63) is 39.4 Å². The summed E-state index contributed by atoms with van der Waals surface area (Å²) >= 11 is 3.21. The molecule has 0 saturated heterocycles. The Labute approximate surface area is 101 Å². The number of nitro benzene ring substituents is 1. The summed E-state index contributed by atoms with van der Waals surface area (Å²) in [5.74, 6) is -0.541. The maximum Gasteiger partial charge on any atom is 0.338 e. The standard InChI is InChI=1S/C10H10BrNO4/c1-2-16-10(13)9-5-8(12(14)15)4-3-7(9)6-11/h3-5H,2,6H2,1H3. The molecule has 0 N–H and O–H groups in total. The van der Waals surface area contributed by atoms with Gasteiger partial charge >= 0.3 is 5.97 Å². The number of nitrogens with zero attached hydrogens (tertiary/aromatic N) is 1. The number of carbonyl (C=O) groups is 1. The Morgan fingerprint density at radius 3 is 2.75 bits per heavy atom. The Hall–Kier alpha value is -1.43. The average Bonchev–Trinajstić information content (AvgIpc) is 2.28. The van der Waals surface area contributed by atoms with E-state index in [-0.39, 0.29) is 17.9 Å². The van der Waals surface area contributed by atoms with E-state index in [2.05, 4.69) is 15.9 Å². The summed E-state index contributed by atoms with van der Waals surface area (Å²) in [5.41, 5.74) is 0.782. The Morgan fingerprint density at radius 1 is 1.56 bits per heavy atom. The number of rotatable bonds is 4. The minimum atomic E-state index is -0.541. The van der Waals surface area contributed by atoms with E-state index in [1.54, 1.807) is 13.0 Å². The molecule has 0 fully saturated rings. The molecule has 86 valence electrons. The van der Waals surface area contributed by atoms with Crippen molar-refractivity contribution in [1.82, 2.24) is 0 Å². The molecular weight excluding hydrogens is 278 g/mol. The molecule has 0 radical (unpaired) electrons. The average molecular weight is 288 g/mol. The van der Waals surface area contributed by atoms with Gasteiger partial charge in [0.15, 0.2) is 0 Å². The number of hydrogen-bond donors (Lipinski definition) is 0. The molecule has 0 atom stereocenters. The summed E-state index contributed by atoms with van der Waals surface area (Å²) < 4.78 is 4.82. The third kappa shape index (κ3) is 2.79. The molecule has 0 aliphatic rings. The molecule has 0 aromatic heterocycles. The number of alkyl halides is 1. The minimum Gasteiger partial charge on any atom is -0.462 e. The maximum atomic E-state index is 11.5. The molecule has 1 aromatic carbocycles. The van der Waals surface area contributed by atoms with Crippen LogP contribution in [0.3, 0.4) is 0 Å².